The summed E-state index contributed by atoms with van der Waals surface area (Å²) in [5.41, 5.74) is 5.83. The molecule has 172 valence electrons. The number of carbonyl (C=O) groups is 1. The number of allylic oxidation sites excluding steroid dienone is 4. The Labute approximate surface area is 195 Å². The maximum absolute atomic E-state index is 12.2. The van der Waals surface area contributed by atoms with Crippen LogP contribution in [0.15, 0.2) is 52.2 Å². The van der Waals surface area contributed by atoms with E-state index in [1.54, 1.807) is 7.11 Å². The minimum Gasteiger partial charge on any atom is -0.411 e. The van der Waals surface area contributed by atoms with Gasteiger partial charge in [-0.25, -0.2) is 0 Å². The van der Waals surface area contributed by atoms with Gasteiger partial charge in [0, 0.05) is 24.9 Å². The van der Waals surface area contributed by atoms with Crippen molar-refractivity contribution in [3.63, 3.8) is 0 Å². The molecular weight excluding hydrogens is 412 g/mol. The van der Waals surface area contributed by atoms with Crippen LogP contribution in [0.25, 0.3) is 0 Å². The molecule has 0 aliphatic heterocycles. The van der Waals surface area contributed by atoms with Crippen LogP contribution in [-0.2, 0) is 9.53 Å². The second-order valence-corrected chi connectivity index (χ2v) is 10.5. The van der Waals surface area contributed by atoms with Crippen molar-refractivity contribution in [1.82, 2.24) is 0 Å². The van der Waals surface area contributed by atoms with Crippen LogP contribution in [0.2, 0.25) is 0 Å². The van der Waals surface area contributed by atoms with Gasteiger partial charge in [-0.3, -0.25) is 4.79 Å². The number of nitriles is 1. The van der Waals surface area contributed by atoms with Crippen LogP contribution >= 0.6 is 0 Å². The molecule has 0 radical (unpaired) electrons. The van der Waals surface area contributed by atoms with Gasteiger partial charge >= 0.3 is 0 Å². The Morgan fingerprint density at radius 1 is 1.24 bits per heavy atom. The molecular formula is C28H32N2O3. The molecule has 0 saturated heterocycles. The highest BCUT2D eigenvalue weighted by Crippen LogP contribution is 2.68. The fourth-order valence-electron chi connectivity index (χ4n) is 7.74. The largest absolute Gasteiger partial charge is 0.411 e. The topological polar surface area (TPSA) is 82.7 Å². The molecule has 2 saturated carbocycles. The SMILES string of the molecule is CO[C@@]1(CC#N)CC[C@H]2[C@@H]3CCC4=CC(=O)CCC4=C3[C@@H](c3ccc(/C=N\O)cc3)C[C@@]21C. The summed E-state index contributed by atoms with van der Waals surface area (Å²) in [5, 5.41) is 21.8. The van der Waals surface area contributed by atoms with Gasteiger partial charge in [0.05, 0.1) is 24.3 Å². The van der Waals surface area contributed by atoms with E-state index in [0.717, 1.165) is 44.1 Å². The second-order valence-electron chi connectivity index (χ2n) is 10.5. The Hall–Kier alpha value is -2.71. The van der Waals surface area contributed by atoms with Crippen LogP contribution in [0.3, 0.4) is 0 Å². The van der Waals surface area contributed by atoms with Crippen molar-refractivity contribution in [2.45, 2.75) is 69.8 Å². The fourth-order valence-corrected chi connectivity index (χ4v) is 7.74. The molecule has 4 aliphatic rings. The van der Waals surface area contributed by atoms with Crippen LogP contribution in [-0.4, -0.2) is 29.9 Å². The van der Waals surface area contributed by atoms with E-state index >= 15 is 0 Å². The normalized spacial score (nSPS) is 35.6. The molecule has 5 nitrogen and oxygen atoms in total. The quantitative estimate of drug-likeness (QED) is 0.367. The minimum absolute atomic E-state index is 0.0895. The van der Waals surface area contributed by atoms with E-state index in [0.29, 0.717) is 24.7 Å². The third kappa shape index (κ3) is 3.30. The predicted octanol–water partition coefficient (Wildman–Crippen LogP) is 5.69. The Bertz CT molecular complexity index is 1090. The van der Waals surface area contributed by atoms with E-state index in [1.165, 1.54) is 28.5 Å². The van der Waals surface area contributed by atoms with E-state index in [9.17, 15) is 10.1 Å². The average Bonchev–Trinajstić information content (AvgIpc) is 3.11. The number of fused-ring (bicyclic) bond motifs is 4. The molecule has 33 heavy (non-hydrogen) atoms. The zero-order valence-corrected chi connectivity index (χ0v) is 19.5. The highest BCUT2D eigenvalue weighted by molar-refractivity contribution is 5.93. The lowest BCUT2D eigenvalue weighted by atomic mass is 9.51. The number of hydrogen-bond donors (Lipinski definition) is 1. The highest BCUT2D eigenvalue weighted by Gasteiger charge is 2.63. The minimum atomic E-state index is -0.414. The lowest BCUT2D eigenvalue weighted by molar-refractivity contribution is -0.116. The molecule has 0 heterocycles. The van der Waals surface area contributed by atoms with Crippen LogP contribution in [0.5, 0.6) is 0 Å². The van der Waals surface area contributed by atoms with Crippen molar-refractivity contribution in [2.24, 2.45) is 22.4 Å². The summed E-state index contributed by atoms with van der Waals surface area (Å²) < 4.78 is 6.21. The molecule has 0 spiro atoms. The first kappa shape index (κ1) is 22.1. The second kappa shape index (κ2) is 8.25. The number of carbonyl (C=O) groups excluding carboxylic acids is 1. The van der Waals surface area contributed by atoms with Crippen molar-refractivity contribution in [3.8, 4) is 6.07 Å². The van der Waals surface area contributed by atoms with Gasteiger partial charge < -0.3 is 9.94 Å². The number of rotatable bonds is 4. The molecule has 0 unspecified atom stereocenters. The molecule has 5 heteroatoms. The number of ketones is 1. The van der Waals surface area contributed by atoms with Crippen molar-refractivity contribution in [3.05, 3.63) is 58.2 Å². The molecule has 0 aromatic heterocycles. The van der Waals surface area contributed by atoms with Crippen molar-refractivity contribution in [1.29, 1.82) is 5.26 Å². The number of benzene rings is 1. The Morgan fingerprint density at radius 3 is 2.73 bits per heavy atom. The van der Waals surface area contributed by atoms with Gasteiger partial charge in [-0.15, -0.1) is 0 Å². The summed E-state index contributed by atoms with van der Waals surface area (Å²) in [7, 11) is 1.78. The van der Waals surface area contributed by atoms with E-state index in [4.69, 9.17) is 9.94 Å². The Kier molecular flexibility index (Phi) is 5.53. The monoisotopic (exact) mass is 444 g/mol. The van der Waals surface area contributed by atoms with E-state index < -0.39 is 5.60 Å². The van der Waals surface area contributed by atoms with Crippen LogP contribution in [0.4, 0.5) is 0 Å². The lowest BCUT2D eigenvalue weighted by Gasteiger charge is -2.55. The summed E-state index contributed by atoms with van der Waals surface area (Å²) in [6.45, 7) is 2.36. The molecule has 1 N–H and O–H groups in total. The smallest absolute Gasteiger partial charge is 0.156 e. The first-order chi connectivity index (χ1) is 16.0. The molecule has 0 amide bonds. The summed E-state index contributed by atoms with van der Waals surface area (Å²) in [6, 6.07) is 10.7. The van der Waals surface area contributed by atoms with Gasteiger partial charge in [-0.1, -0.05) is 41.9 Å². The fraction of sp³-hybridized carbons (Fsp3) is 0.536. The Morgan fingerprint density at radius 2 is 2.03 bits per heavy atom. The predicted molar refractivity (Wildman–Crippen MR) is 126 cm³/mol. The zero-order chi connectivity index (χ0) is 23.2. The van der Waals surface area contributed by atoms with Gasteiger partial charge in [-0.05, 0) is 78.7 Å². The summed E-state index contributed by atoms with van der Waals surface area (Å²) >= 11 is 0. The molecule has 4 aliphatic carbocycles. The van der Waals surface area contributed by atoms with Gasteiger partial charge in [0.2, 0.25) is 0 Å². The summed E-state index contributed by atoms with van der Waals surface area (Å²) in [5.74, 6) is 1.44. The van der Waals surface area contributed by atoms with Crippen LogP contribution < -0.4 is 0 Å². The summed E-state index contributed by atoms with van der Waals surface area (Å²) in [4.78, 5) is 12.2. The highest BCUT2D eigenvalue weighted by atomic mass is 16.5. The third-order valence-electron chi connectivity index (χ3n) is 9.33. The maximum Gasteiger partial charge on any atom is 0.156 e. The third-order valence-corrected chi connectivity index (χ3v) is 9.33. The molecule has 0 bridgehead atoms. The van der Waals surface area contributed by atoms with E-state index in [2.05, 4.69) is 30.3 Å². The van der Waals surface area contributed by atoms with Crippen molar-refractivity contribution in [2.75, 3.05) is 7.11 Å². The number of ether oxygens (including phenoxy) is 1. The van der Waals surface area contributed by atoms with Crippen molar-refractivity contribution >= 4 is 12.0 Å². The van der Waals surface area contributed by atoms with Crippen LogP contribution in [0.1, 0.15) is 75.3 Å². The standard InChI is InChI=1S/C28H32N2O3/c1-27-16-24(19-5-3-18(4-6-19)17-30-32)26-22-10-8-21(31)15-20(22)7-9-23(26)25(27)11-12-28(27,33-2)13-14-29/h3-6,15,17,23-25,32H,7-13,16H2,1-2H3/b30-17-/t23-,24+,25-,27-,28+/m0/s1. The first-order valence-electron chi connectivity index (χ1n) is 12.1. The molecule has 1 aromatic carbocycles. The van der Waals surface area contributed by atoms with Gasteiger partial charge in [-0.2, -0.15) is 5.26 Å². The molecule has 5 rings (SSSR count). The van der Waals surface area contributed by atoms with Crippen molar-refractivity contribution < 1.29 is 14.7 Å². The summed E-state index contributed by atoms with van der Waals surface area (Å²) in [6.07, 6.45) is 10.2. The number of methoxy groups -OCH3 is 1. The number of oxime groups is 1. The number of hydrogen-bond acceptors (Lipinski definition) is 5. The van der Waals surface area contributed by atoms with E-state index in [-0.39, 0.29) is 17.1 Å². The Balaban J connectivity index is 1.66. The molecule has 5 atom stereocenters. The average molecular weight is 445 g/mol. The van der Waals surface area contributed by atoms with Gasteiger partial charge in [0.1, 0.15) is 0 Å². The molecule has 1 aromatic rings. The maximum atomic E-state index is 12.2. The number of nitrogens with zero attached hydrogens (tertiary/aromatic N) is 2. The zero-order valence-electron chi connectivity index (χ0n) is 19.5. The van der Waals surface area contributed by atoms with Crippen LogP contribution in [0, 0.1) is 28.6 Å². The molecule has 2 fully saturated rings. The first-order valence-corrected chi connectivity index (χ1v) is 12.1. The van der Waals surface area contributed by atoms with Gasteiger partial charge in [0.25, 0.3) is 0 Å². The van der Waals surface area contributed by atoms with Gasteiger partial charge in [0.15, 0.2) is 5.78 Å². The lowest BCUT2D eigenvalue weighted by Crippen LogP contribution is -2.52. The van der Waals surface area contributed by atoms with E-state index in [1.807, 2.05) is 18.2 Å².